The van der Waals surface area contributed by atoms with Crippen LogP contribution in [-0.4, -0.2) is 48.5 Å². The third-order valence-electron chi connectivity index (χ3n) is 6.78. The van der Waals surface area contributed by atoms with E-state index in [0.29, 0.717) is 46.9 Å². The number of hydrogen-bond acceptors (Lipinski definition) is 7. The van der Waals surface area contributed by atoms with Crippen LogP contribution < -0.4 is 15.4 Å². The molecule has 1 atom stereocenters. The molecule has 3 aromatic carbocycles. The van der Waals surface area contributed by atoms with E-state index in [0.717, 1.165) is 12.8 Å². The van der Waals surface area contributed by atoms with Crippen LogP contribution in [0.5, 0.6) is 5.75 Å². The van der Waals surface area contributed by atoms with Gasteiger partial charge in [0.2, 0.25) is 0 Å². The summed E-state index contributed by atoms with van der Waals surface area (Å²) in [4.78, 5) is 38.4. The number of hydrogen-bond donors (Lipinski definition) is 2. The molecule has 10 heteroatoms. The van der Waals surface area contributed by atoms with Crippen molar-refractivity contribution < 1.29 is 37.7 Å². The van der Waals surface area contributed by atoms with Crippen LogP contribution in [-0.2, 0) is 32.0 Å². The first-order chi connectivity index (χ1) is 21.6. The Kier molecular flexibility index (Phi) is 11.1. The predicted molar refractivity (Wildman–Crippen MR) is 173 cm³/mol. The van der Waals surface area contributed by atoms with Crippen molar-refractivity contribution in [2.75, 3.05) is 18.5 Å². The van der Waals surface area contributed by atoms with Crippen molar-refractivity contribution in [1.29, 1.82) is 0 Å². The molecule has 2 N–H and O–H groups in total. The van der Waals surface area contributed by atoms with Gasteiger partial charge in [-0.2, -0.15) is 0 Å². The van der Waals surface area contributed by atoms with Gasteiger partial charge in [0, 0.05) is 24.4 Å². The van der Waals surface area contributed by atoms with Crippen molar-refractivity contribution in [3.63, 3.8) is 0 Å². The van der Waals surface area contributed by atoms with E-state index < -0.39 is 35.0 Å². The zero-order chi connectivity index (χ0) is 33.5. The lowest BCUT2D eigenvalue weighted by Crippen LogP contribution is -2.32. The molecule has 1 heterocycles. The summed E-state index contributed by atoms with van der Waals surface area (Å²) in [5.41, 5.74) is 1.55. The number of carbonyl (C=O) groups excluding carboxylic acids is 3. The number of ether oxygens (including phenoxy) is 4. The first kappa shape index (κ1) is 34.4. The Labute approximate surface area is 269 Å². The molecule has 3 aromatic rings. The van der Waals surface area contributed by atoms with E-state index in [9.17, 15) is 18.8 Å². The van der Waals surface area contributed by atoms with Gasteiger partial charge in [0.15, 0.2) is 0 Å². The van der Waals surface area contributed by atoms with E-state index in [1.807, 2.05) is 0 Å². The molecule has 4 rings (SSSR count). The fourth-order valence-electron chi connectivity index (χ4n) is 4.88. The Morgan fingerprint density at radius 1 is 0.913 bits per heavy atom. The van der Waals surface area contributed by atoms with Crippen LogP contribution in [0.3, 0.4) is 0 Å². The largest absolute Gasteiger partial charge is 0.491 e. The minimum absolute atomic E-state index is 0.0209. The Morgan fingerprint density at radius 2 is 1.63 bits per heavy atom. The molecule has 1 aliphatic rings. The van der Waals surface area contributed by atoms with E-state index in [-0.39, 0.29) is 24.6 Å². The highest BCUT2D eigenvalue weighted by Gasteiger charge is 2.21. The molecule has 2 amide bonds. The van der Waals surface area contributed by atoms with E-state index in [4.69, 9.17) is 18.9 Å². The zero-order valence-electron chi connectivity index (χ0n) is 27.3. The molecular weight excluding hydrogens is 591 g/mol. The number of rotatable bonds is 10. The summed E-state index contributed by atoms with van der Waals surface area (Å²) >= 11 is 0. The van der Waals surface area contributed by atoms with Crippen LogP contribution in [0.1, 0.15) is 75.9 Å². The topological polar surface area (TPSA) is 112 Å². The molecule has 0 bridgehead atoms. The molecule has 0 aromatic heterocycles. The highest BCUT2D eigenvalue weighted by Crippen LogP contribution is 2.30. The second-order valence-corrected chi connectivity index (χ2v) is 13.3. The number of alkyl carbamates (subject to hydrolysis) is 1. The third kappa shape index (κ3) is 10.9. The first-order valence-corrected chi connectivity index (χ1v) is 15.4. The molecule has 1 fully saturated rings. The molecule has 9 nitrogen and oxygen atoms in total. The van der Waals surface area contributed by atoms with Crippen LogP contribution >= 0.6 is 0 Å². The number of para-hydroxylation sites is 1. The Morgan fingerprint density at radius 3 is 2.33 bits per heavy atom. The molecule has 1 aliphatic heterocycles. The van der Waals surface area contributed by atoms with Crippen LogP contribution in [0.15, 0.2) is 60.7 Å². The van der Waals surface area contributed by atoms with Crippen LogP contribution in [0.2, 0.25) is 0 Å². The zero-order valence-corrected chi connectivity index (χ0v) is 27.3. The summed E-state index contributed by atoms with van der Waals surface area (Å²) in [7, 11) is 0. The van der Waals surface area contributed by atoms with Gasteiger partial charge in [-0.15, -0.1) is 0 Å². The van der Waals surface area contributed by atoms with Gasteiger partial charge in [-0.25, -0.2) is 9.18 Å². The standard InChI is InChI=1S/C36H43FN2O7/c1-35(2,3)45-32(40)20-24-10-7-8-12-31(24)39-33(41)27-16-26(18-30(19-27)44-22-29-11-9-13-43-29)25-14-23(15-28(37)17-25)21-38-34(42)46-36(4,5)6/h7-8,10,12,14-19,29H,9,11,13,20-22H2,1-6H3,(H,38,42)(H,39,41). The number of anilines is 1. The van der Waals surface area contributed by atoms with E-state index in [1.54, 1.807) is 90.1 Å². The normalized spacial score (nSPS) is 14.8. The third-order valence-corrected chi connectivity index (χ3v) is 6.78. The van der Waals surface area contributed by atoms with E-state index in [2.05, 4.69) is 10.6 Å². The summed E-state index contributed by atoms with van der Waals surface area (Å²) < 4.78 is 37.4. The minimum Gasteiger partial charge on any atom is -0.491 e. The van der Waals surface area contributed by atoms with E-state index in [1.165, 1.54) is 12.1 Å². The molecule has 0 spiro atoms. The Balaban J connectivity index is 1.61. The maximum atomic E-state index is 14.9. The second kappa shape index (κ2) is 14.8. The summed E-state index contributed by atoms with van der Waals surface area (Å²) in [5, 5.41) is 5.56. The summed E-state index contributed by atoms with van der Waals surface area (Å²) in [6.45, 7) is 11.7. The van der Waals surface area contributed by atoms with Gasteiger partial charge in [-0.1, -0.05) is 18.2 Å². The maximum absolute atomic E-state index is 14.9. The molecular formula is C36H43FN2O7. The van der Waals surface area contributed by atoms with Gasteiger partial charge in [-0.3, -0.25) is 9.59 Å². The number of amides is 2. The average Bonchev–Trinajstić information content (AvgIpc) is 3.47. The highest BCUT2D eigenvalue weighted by atomic mass is 19.1. The first-order valence-electron chi connectivity index (χ1n) is 15.4. The number of esters is 1. The van der Waals surface area contributed by atoms with Crippen molar-refractivity contribution >= 4 is 23.7 Å². The van der Waals surface area contributed by atoms with Crippen molar-refractivity contribution in [3.05, 3.63) is 83.2 Å². The molecule has 246 valence electrons. The number of nitrogens with one attached hydrogen (secondary N) is 2. The van der Waals surface area contributed by atoms with Gasteiger partial charge >= 0.3 is 12.1 Å². The monoisotopic (exact) mass is 634 g/mol. The summed E-state index contributed by atoms with van der Waals surface area (Å²) in [6, 6.07) is 16.4. The van der Waals surface area contributed by atoms with Crippen molar-refractivity contribution in [2.45, 2.75) is 84.7 Å². The van der Waals surface area contributed by atoms with Crippen LogP contribution in [0, 0.1) is 5.82 Å². The number of benzene rings is 3. The average molecular weight is 635 g/mol. The molecule has 0 saturated carbocycles. The highest BCUT2D eigenvalue weighted by molar-refractivity contribution is 6.06. The Hall–Kier alpha value is -4.44. The van der Waals surface area contributed by atoms with Gasteiger partial charge < -0.3 is 29.6 Å². The number of halogens is 1. The maximum Gasteiger partial charge on any atom is 0.407 e. The van der Waals surface area contributed by atoms with E-state index >= 15 is 0 Å². The van der Waals surface area contributed by atoms with Crippen molar-refractivity contribution in [3.8, 4) is 16.9 Å². The van der Waals surface area contributed by atoms with Crippen LogP contribution in [0.4, 0.5) is 14.9 Å². The lowest BCUT2D eigenvalue weighted by Gasteiger charge is -2.20. The minimum atomic E-state index is -0.672. The SMILES string of the molecule is CC(C)(C)OC(=O)Cc1ccccc1NC(=O)c1cc(OCC2CCCO2)cc(-c2cc(F)cc(CNC(=O)OC(C)(C)C)c2)c1. The van der Waals surface area contributed by atoms with Gasteiger partial charge in [0.05, 0.1) is 12.5 Å². The molecule has 0 aliphatic carbocycles. The molecule has 1 saturated heterocycles. The summed E-state index contributed by atoms with van der Waals surface area (Å²) in [6.07, 6.45) is 1.13. The van der Waals surface area contributed by atoms with Crippen LogP contribution in [0.25, 0.3) is 11.1 Å². The van der Waals surface area contributed by atoms with Crippen molar-refractivity contribution in [1.82, 2.24) is 5.32 Å². The lowest BCUT2D eigenvalue weighted by atomic mass is 9.99. The molecule has 46 heavy (non-hydrogen) atoms. The second-order valence-electron chi connectivity index (χ2n) is 13.3. The molecule has 1 unspecified atom stereocenters. The quantitative estimate of drug-likeness (QED) is 0.227. The van der Waals surface area contributed by atoms with Crippen molar-refractivity contribution in [2.24, 2.45) is 0 Å². The fourth-order valence-corrected chi connectivity index (χ4v) is 4.88. The van der Waals surface area contributed by atoms with Gasteiger partial charge in [0.1, 0.15) is 29.4 Å². The Bertz CT molecular complexity index is 1550. The van der Waals surface area contributed by atoms with Gasteiger partial charge in [0.25, 0.3) is 5.91 Å². The lowest BCUT2D eigenvalue weighted by molar-refractivity contribution is -0.153. The number of carbonyl (C=O) groups is 3. The fraction of sp³-hybridized carbons (Fsp3) is 0.417. The summed E-state index contributed by atoms with van der Waals surface area (Å²) in [5.74, 6) is -0.947. The van der Waals surface area contributed by atoms with Gasteiger partial charge in [-0.05, 0) is 119 Å². The molecule has 0 radical (unpaired) electrons. The predicted octanol–water partition coefficient (Wildman–Crippen LogP) is 7.21. The smallest absolute Gasteiger partial charge is 0.407 e.